The van der Waals surface area contributed by atoms with Gasteiger partial charge in [0.25, 0.3) is 0 Å². The van der Waals surface area contributed by atoms with Gasteiger partial charge in [0, 0.05) is 30.7 Å². The van der Waals surface area contributed by atoms with E-state index in [1.54, 1.807) is 0 Å². The molecular formula is C17H32N2. The standard InChI is InChI=1S/C17H32N2/c1-5-16(6-2)14-19(12-9-15(3)4)17(13-18-16)10-7-8-11-17/h9,18H,5-8,10-14H2,1-4H3. The molecule has 2 aliphatic rings. The summed E-state index contributed by atoms with van der Waals surface area (Å²) in [6.07, 6.45) is 10.5. The Morgan fingerprint density at radius 1 is 1.16 bits per heavy atom. The molecular weight excluding hydrogens is 232 g/mol. The summed E-state index contributed by atoms with van der Waals surface area (Å²) in [7, 11) is 0. The second-order valence-electron chi connectivity index (χ2n) is 6.93. The number of hydrogen-bond acceptors (Lipinski definition) is 2. The Kier molecular flexibility index (Phi) is 4.73. The van der Waals surface area contributed by atoms with Gasteiger partial charge in [0.05, 0.1) is 0 Å². The molecule has 0 bridgehead atoms. The van der Waals surface area contributed by atoms with Gasteiger partial charge in [-0.25, -0.2) is 0 Å². The minimum Gasteiger partial charge on any atom is -0.308 e. The first-order valence-corrected chi connectivity index (χ1v) is 8.19. The Hall–Kier alpha value is -0.340. The van der Waals surface area contributed by atoms with E-state index in [9.17, 15) is 0 Å². The van der Waals surface area contributed by atoms with Crippen molar-refractivity contribution >= 4 is 0 Å². The van der Waals surface area contributed by atoms with Crippen LogP contribution in [0, 0.1) is 0 Å². The zero-order chi connectivity index (χ0) is 13.9. The molecule has 1 spiro atoms. The molecule has 0 amide bonds. The average Bonchev–Trinajstić information content (AvgIpc) is 2.88. The van der Waals surface area contributed by atoms with Crippen molar-refractivity contribution in [3.8, 4) is 0 Å². The maximum absolute atomic E-state index is 3.92. The van der Waals surface area contributed by atoms with Crippen molar-refractivity contribution in [1.29, 1.82) is 0 Å². The highest BCUT2D eigenvalue weighted by Gasteiger charge is 2.46. The van der Waals surface area contributed by atoms with Crippen LogP contribution in [0.25, 0.3) is 0 Å². The molecule has 1 N–H and O–H groups in total. The number of nitrogens with one attached hydrogen (secondary N) is 1. The van der Waals surface area contributed by atoms with Crippen LogP contribution < -0.4 is 5.32 Å². The molecule has 19 heavy (non-hydrogen) atoms. The summed E-state index contributed by atoms with van der Waals surface area (Å²) in [5.74, 6) is 0. The normalized spacial score (nSPS) is 25.7. The van der Waals surface area contributed by atoms with E-state index in [-0.39, 0.29) is 0 Å². The van der Waals surface area contributed by atoms with Crippen LogP contribution in [-0.2, 0) is 0 Å². The molecule has 0 radical (unpaired) electrons. The summed E-state index contributed by atoms with van der Waals surface area (Å²) >= 11 is 0. The molecule has 2 rings (SSSR count). The van der Waals surface area contributed by atoms with Gasteiger partial charge in [0.2, 0.25) is 0 Å². The lowest BCUT2D eigenvalue weighted by Gasteiger charge is -2.53. The monoisotopic (exact) mass is 264 g/mol. The molecule has 1 aliphatic carbocycles. The van der Waals surface area contributed by atoms with Crippen LogP contribution in [0.5, 0.6) is 0 Å². The topological polar surface area (TPSA) is 15.3 Å². The van der Waals surface area contributed by atoms with Crippen LogP contribution in [0.4, 0.5) is 0 Å². The fourth-order valence-electron chi connectivity index (χ4n) is 3.85. The van der Waals surface area contributed by atoms with Crippen LogP contribution >= 0.6 is 0 Å². The highest BCUT2D eigenvalue weighted by Crippen LogP contribution is 2.39. The number of hydrogen-bond donors (Lipinski definition) is 1. The van der Waals surface area contributed by atoms with Crippen molar-refractivity contribution in [1.82, 2.24) is 10.2 Å². The molecule has 0 atom stereocenters. The van der Waals surface area contributed by atoms with Gasteiger partial charge in [0.1, 0.15) is 0 Å². The minimum absolute atomic E-state index is 0.351. The first-order chi connectivity index (χ1) is 9.06. The number of allylic oxidation sites excluding steroid dienone is 1. The summed E-state index contributed by atoms with van der Waals surface area (Å²) in [4.78, 5) is 2.80. The van der Waals surface area contributed by atoms with Gasteiger partial charge in [-0.05, 0) is 39.5 Å². The van der Waals surface area contributed by atoms with Crippen molar-refractivity contribution in [2.45, 2.75) is 77.3 Å². The predicted molar refractivity (Wildman–Crippen MR) is 83.5 cm³/mol. The third kappa shape index (κ3) is 3.05. The van der Waals surface area contributed by atoms with E-state index >= 15 is 0 Å². The molecule has 2 fully saturated rings. The second kappa shape index (κ2) is 5.97. The minimum atomic E-state index is 0.351. The fourth-order valence-corrected chi connectivity index (χ4v) is 3.85. The van der Waals surface area contributed by atoms with E-state index < -0.39 is 0 Å². The van der Waals surface area contributed by atoms with Crippen molar-refractivity contribution in [2.75, 3.05) is 19.6 Å². The van der Waals surface area contributed by atoms with Gasteiger partial charge in [-0.1, -0.05) is 38.3 Å². The predicted octanol–water partition coefficient (Wildman–Crippen LogP) is 3.73. The van der Waals surface area contributed by atoms with Gasteiger partial charge in [-0.2, -0.15) is 0 Å². The van der Waals surface area contributed by atoms with Gasteiger partial charge in [-0.15, -0.1) is 0 Å². The first-order valence-electron chi connectivity index (χ1n) is 8.19. The largest absolute Gasteiger partial charge is 0.308 e. The Morgan fingerprint density at radius 3 is 2.32 bits per heavy atom. The third-order valence-corrected chi connectivity index (χ3v) is 5.56. The lowest BCUT2D eigenvalue weighted by atomic mass is 9.82. The highest BCUT2D eigenvalue weighted by atomic mass is 15.3. The maximum Gasteiger partial charge on any atom is 0.0338 e. The van der Waals surface area contributed by atoms with Crippen molar-refractivity contribution < 1.29 is 0 Å². The molecule has 110 valence electrons. The summed E-state index contributed by atoms with van der Waals surface area (Å²) in [5, 5.41) is 3.92. The Morgan fingerprint density at radius 2 is 1.79 bits per heavy atom. The van der Waals surface area contributed by atoms with Crippen molar-refractivity contribution in [3.05, 3.63) is 11.6 Å². The maximum atomic E-state index is 3.92. The molecule has 0 aromatic carbocycles. The second-order valence-corrected chi connectivity index (χ2v) is 6.93. The van der Waals surface area contributed by atoms with E-state index in [1.165, 1.54) is 57.2 Å². The lowest BCUT2D eigenvalue weighted by Crippen LogP contribution is -2.69. The quantitative estimate of drug-likeness (QED) is 0.778. The number of nitrogens with zero attached hydrogens (tertiary/aromatic N) is 1. The summed E-state index contributed by atoms with van der Waals surface area (Å²) in [5.41, 5.74) is 2.26. The van der Waals surface area contributed by atoms with Crippen LogP contribution in [-0.4, -0.2) is 35.6 Å². The highest BCUT2D eigenvalue weighted by molar-refractivity contribution is 5.09. The average molecular weight is 264 g/mol. The summed E-state index contributed by atoms with van der Waals surface area (Å²) in [6.45, 7) is 12.7. The fraction of sp³-hybridized carbons (Fsp3) is 0.882. The van der Waals surface area contributed by atoms with Gasteiger partial charge in [0.15, 0.2) is 0 Å². The Bertz CT molecular complexity index is 318. The Balaban J connectivity index is 2.16. The van der Waals surface area contributed by atoms with E-state index in [4.69, 9.17) is 0 Å². The van der Waals surface area contributed by atoms with Gasteiger partial charge in [-0.3, -0.25) is 4.90 Å². The van der Waals surface area contributed by atoms with Crippen molar-refractivity contribution in [2.24, 2.45) is 0 Å². The van der Waals surface area contributed by atoms with Crippen LogP contribution in [0.1, 0.15) is 66.2 Å². The molecule has 1 heterocycles. The summed E-state index contributed by atoms with van der Waals surface area (Å²) < 4.78 is 0. The first kappa shape index (κ1) is 15.1. The molecule has 0 unspecified atom stereocenters. The molecule has 1 aliphatic heterocycles. The molecule has 2 heteroatoms. The molecule has 0 aromatic rings. The Labute approximate surface area is 119 Å². The van der Waals surface area contributed by atoms with E-state index in [2.05, 4.69) is 44.0 Å². The van der Waals surface area contributed by atoms with E-state index in [0.717, 1.165) is 6.54 Å². The van der Waals surface area contributed by atoms with Crippen LogP contribution in [0.2, 0.25) is 0 Å². The zero-order valence-corrected chi connectivity index (χ0v) is 13.4. The smallest absolute Gasteiger partial charge is 0.0338 e. The number of piperazine rings is 1. The summed E-state index contributed by atoms with van der Waals surface area (Å²) in [6, 6.07) is 0. The zero-order valence-electron chi connectivity index (χ0n) is 13.4. The third-order valence-electron chi connectivity index (χ3n) is 5.56. The lowest BCUT2D eigenvalue weighted by molar-refractivity contribution is 0.0132. The van der Waals surface area contributed by atoms with Gasteiger partial charge >= 0.3 is 0 Å². The molecule has 0 aromatic heterocycles. The van der Waals surface area contributed by atoms with Crippen molar-refractivity contribution in [3.63, 3.8) is 0 Å². The molecule has 1 saturated carbocycles. The van der Waals surface area contributed by atoms with Crippen LogP contribution in [0.3, 0.4) is 0 Å². The van der Waals surface area contributed by atoms with Crippen LogP contribution in [0.15, 0.2) is 11.6 Å². The van der Waals surface area contributed by atoms with Gasteiger partial charge < -0.3 is 5.32 Å². The van der Waals surface area contributed by atoms with E-state index in [1.807, 2.05) is 0 Å². The SMILES string of the molecule is CCC1(CC)CN(CC=C(C)C)C2(CCCC2)CN1. The van der Waals surface area contributed by atoms with E-state index in [0.29, 0.717) is 11.1 Å². The molecule has 2 nitrogen and oxygen atoms in total. The molecule has 1 saturated heterocycles. The number of rotatable bonds is 4.